The molecule has 1 aromatic rings. The van der Waals surface area contributed by atoms with Gasteiger partial charge < -0.3 is 14.0 Å². The van der Waals surface area contributed by atoms with E-state index in [1.807, 2.05) is 27.7 Å². The minimum absolute atomic E-state index is 0.161. The predicted molar refractivity (Wildman–Crippen MR) is 103 cm³/mol. The highest BCUT2D eigenvalue weighted by molar-refractivity contribution is 7.90. The first kappa shape index (κ1) is 19.7. The first-order chi connectivity index (χ1) is 12.0. The second-order valence-corrected chi connectivity index (χ2v) is 10.5. The van der Waals surface area contributed by atoms with Crippen LogP contribution < -0.4 is 10.2 Å². The number of sulfone groups is 1. The van der Waals surface area contributed by atoms with Crippen LogP contribution in [0.3, 0.4) is 0 Å². The van der Waals surface area contributed by atoms with Gasteiger partial charge in [0.25, 0.3) is 0 Å². The maximum atomic E-state index is 12.0. The van der Waals surface area contributed by atoms with Gasteiger partial charge in [-0.05, 0) is 71.6 Å². The molecule has 1 aromatic carbocycles. The van der Waals surface area contributed by atoms with E-state index in [1.54, 1.807) is 18.2 Å². The van der Waals surface area contributed by atoms with E-state index in [0.29, 0.717) is 11.2 Å². The fourth-order valence-electron chi connectivity index (χ4n) is 3.38. The van der Waals surface area contributed by atoms with Crippen molar-refractivity contribution in [1.29, 1.82) is 0 Å². The molecule has 1 aliphatic carbocycles. The maximum Gasteiger partial charge on any atom is 0.498 e. The summed E-state index contributed by atoms with van der Waals surface area (Å²) < 4.78 is 42.6. The first-order valence-electron chi connectivity index (χ1n) is 9.36. The number of hydrogen-bond donors (Lipinski definition) is 0. The minimum atomic E-state index is -3.33. The largest absolute Gasteiger partial charge is 0.498 e. The SMILES string of the molecule is CC1(C)OB(c2cc(S(C)(=O)=O)ccc2OC2CCCCC2)OC1(C)C. The van der Waals surface area contributed by atoms with Gasteiger partial charge in [0.2, 0.25) is 0 Å². The smallest absolute Gasteiger partial charge is 0.491 e. The summed E-state index contributed by atoms with van der Waals surface area (Å²) >= 11 is 0. The quantitative estimate of drug-likeness (QED) is 0.752. The third-order valence-corrected chi connectivity index (χ3v) is 6.87. The van der Waals surface area contributed by atoms with Crippen molar-refractivity contribution in [2.75, 3.05) is 6.26 Å². The Morgan fingerprint density at radius 3 is 2.15 bits per heavy atom. The Kier molecular flexibility index (Phi) is 5.19. The molecule has 0 radical (unpaired) electrons. The lowest BCUT2D eigenvalue weighted by Crippen LogP contribution is -2.41. The standard InChI is InChI=1S/C19H29BO5S/c1-18(2)19(3,4)25-20(24-18)16-13-15(26(5,21)22)11-12-17(16)23-14-9-7-6-8-10-14/h11-14H,6-10H2,1-5H3. The second kappa shape index (κ2) is 6.84. The number of rotatable bonds is 4. The zero-order chi connectivity index (χ0) is 19.2. The van der Waals surface area contributed by atoms with Crippen LogP contribution in [0.2, 0.25) is 0 Å². The molecule has 0 unspecified atom stereocenters. The Balaban J connectivity index is 1.97. The summed E-state index contributed by atoms with van der Waals surface area (Å²) in [6.45, 7) is 7.92. The number of ether oxygens (including phenoxy) is 1. The van der Waals surface area contributed by atoms with Crippen LogP contribution >= 0.6 is 0 Å². The van der Waals surface area contributed by atoms with Gasteiger partial charge in [-0.2, -0.15) is 0 Å². The molecule has 2 aliphatic rings. The fraction of sp³-hybridized carbons (Fsp3) is 0.684. The summed E-state index contributed by atoms with van der Waals surface area (Å²) in [6.07, 6.45) is 6.99. The lowest BCUT2D eigenvalue weighted by atomic mass is 9.78. The van der Waals surface area contributed by atoms with Crippen LogP contribution in [0.5, 0.6) is 5.75 Å². The van der Waals surface area contributed by atoms with Crippen molar-refractivity contribution < 1.29 is 22.5 Å². The fourth-order valence-corrected chi connectivity index (χ4v) is 4.04. The topological polar surface area (TPSA) is 61.8 Å². The second-order valence-electron chi connectivity index (χ2n) is 8.44. The molecule has 0 bridgehead atoms. The van der Waals surface area contributed by atoms with Gasteiger partial charge in [0.15, 0.2) is 9.84 Å². The van der Waals surface area contributed by atoms with Gasteiger partial charge in [-0.1, -0.05) is 6.42 Å². The molecule has 1 saturated carbocycles. The minimum Gasteiger partial charge on any atom is -0.491 e. The van der Waals surface area contributed by atoms with Gasteiger partial charge in [-0.25, -0.2) is 8.42 Å². The molecule has 5 nitrogen and oxygen atoms in total. The third kappa shape index (κ3) is 3.95. The molecule has 7 heteroatoms. The summed E-state index contributed by atoms with van der Waals surface area (Å²) in [4.78, 5) is 0.248. The van der Waals surface area contributed by atoms with Crippen LogP contribution in [0, 0.1) is 0 Å². The van der Waals surface area contributed by atoms with E-state index in [2.05, 4.69) is 0 Å². The van der Waals surface area contributed by atoms with Crippen LogP contribution in [0.4, 0.5) is 0 Å². The Morgan fingerprint density at radius 2 is 1.62 bits per heavy atom. The van der Waals surface area contributed by atoms with Crippen LogP contribution in [0.1, 0.15) is 59.8 Å². The third-order valence-electron chi connectivity index (χ3n) is 5.76. The summed E-state index contributed by atoms with van der Waals surface area (Å²) in [6, 6.07) is 4.98. The van der Waals surface area contributed by atoms with Crippen molar-refractivity contribution in [2.24, 2.45) is 0 Å². The Morgan fingerprint density at radius 1 is 1.04 bits per heavy atom. The van der Waals surface area contributed by atoms with E-state index in [-0.39, 0.29) is 11.0 Å². The zero-order valence-electron chi connectivity index (χ0n) is 16.4. The first-order valence-corrected chi connectivity index (χ1v) is 11.2. The predicted octanol–water partition coefficient (Wildman–Crippen LogP) is 3.10. The normalized spacial score (nSPS) is 23.2. The van der Waals surface area contributed by atoms with Crippen molar-refractivity contribution in [3.8, 4) is 5.75 Å². The molecule has 0 amide bonds. The summed E-state index contributed by atoms with van der Waals surface area (Å²) in [5.74, 6) is 0.655. The highest BCUT2D eigenvalue weighted by Crippen LogP contribution is 2.37. The maximum absolute atomic E-state index is 12.0. The van der Waals surface area contributed by atoms with Gasteiger partial charge in [0, 0.05) is 11.7 Å². The molecule has 0 N–H and O–H groups in total. The lowest BCUT2D eigenvalue weighted by Gasteiger charge is -2.32. The van der Waals surface area contributed by atoms with Gasteiger partial charge in [-0.15, -0.1) is 0 Å². The van der Waals surface area contributed by atoms with Crippen molar-refractivity contribution in [1.82, 2.24) is 0 Å². The van der Waals surface area contributed by atoms with E-state index in [1.165, 1.54) is 12.7 Å². The average Bonchev–Trinajstić information content (AvgIpc) is 2.75. The molecule has 26 heavy (non-hydrogen) atoms. The number of benzene rings is 1. The van der Waals surface area contributed by atoms with E-state index >= 15 is 0 Å². The molecule has 3 rings (SSSR count). The summed E-state index contributed by atoms with van der Waals surface area (Å²) in [5, 5.41) is 0. The molecule has 0 spiro atoms. The van der Waals surface area contributed by atoms with E-state index < -0.39 is 28.2 Å². The molecule has 0 atom stereocenters. The van der Waals surface area contributed by atoms with Crippen LogP contribution in [-0.2, 0) is 19.1 Å². The van der Waals surface area contributed by atoms with Gasteiger partial charge >= 0.3 is 7.12 Å². The van der Waals surface area contributed by atoms with Crippen molar-refractivity contribution in [3.63, 3.8) is 0 Å². The highest BCUT2D eigenvalue weighted by Gasteiger charge is 2.52. The highest BCUT2D eigenvalue weighted by atomic mass is 32.2. The number of hydrogen-bond acceptors (Lipinski definition) is 5. The van der Waals surface area contributed by atoms with Crippen LogP contribution in [0.15, 0.2) is 23.1 Å². The van der Waals surface area contributed by atoms with E-state index in [4.69, 9.17) is 14.0 Å². The molecular formula is C19H29BO5S. The molecule has 1 heterocycles. The Labute approximate surface area is 157 Å². The molecule has 1 aliphatic heterocycles. The summed E-state index contributed by atoms with van der Waals surface area (Å²) in [7, 11) is -3.98. The summed E-state index contributed by atoms with van der Waals surface area (Å²) in [5.41, 5.74) is -0.348. The van der Waals surface area contributed by atoms with E-state index in [9.17, 15) is 8.42 Å². The Bertz CT molecular complexity index is 750. The Hall–Kier alpha value is -1.05. The van der Waals surface area contributed by atoms with Crippen LogP contribution in [-0.4, -0.2) is 39.1 Å². The monoisotopic (exact) mass is 380 g/mol. The van der Waals surface area contributed by atoms with Crippen molar-refractivity contribution in [3.05, 3.63) is 18.2 Å². The molecule has 1 saturated heterocycles. The lowest BCUT2D eigenvalue weighted by molar-refractivity contribution is 0.00578. The van der Waals surface area contributed by atoms with Gasteiger partial charge in [0.1, 0.15) is 5.75 Å². The van der Waals surface area contributed by atoms with Crippen molar-refractivity contribution in [2.45, 2.75) is 82.0 Å². The van der Waals surface area contributed by atoms with Crippen LogP contribution in [0.25, 0.3) is 0 Å². The zero-order valence-corrected chi connectivity index (χ0v) is 17.2. The molecule has 2 fully saturated rings. The molecule has 144 valence electrons. The van der Waals surface area contributed by atoms with Gasteiger partial charge in [0.05, 0.1) is 22.2 Å². The average molecular weight is 380 g/mol. The molecule has 0 aromatic heterocycles. The van der Waals surface area contributed by atoms with Gasteiger partial charge in [-0.3, -0.25) is 0 Å². The van der Waals surface area contributed by atoms with Crippen molar-refractivity contribution >= 4 is 22.4 Å². The molecular weight excluding hydrogens is 351 g/mol. The van der Waals surface area contributed by atoms with E-state index in [0.717, 1.165) is 25.7 Å².